The third kappa shape index (κ3) is 3.45. The van der Waals surface area contributed by atoms with Gasteiger partial charge in [0.2, 0.25) is 5.95 Å². The Hall–Kier alpha value is -2.96. The number of halogens is 1. The number of anilines is 2. The number of nitrogens with one attached hydrogen (secondary N) is 2. The Labute approximate surface area is 132 Å². The molecule has 2 heterocycles. The summed E-state index contributed by atoms with van der Waals surface area (Å²) in [7, 11) is 0. The van der Waals surface area contributed by atoms with Gasteiger partial charge in [-0.1, -0.05) is 6.07 Å². The van der Waals surface area contributed by atoms with Crippen LogP contribution in [0.1, 0.15) is 16.8 Å². The fraction of sp³-hybridized carbons (Fsp3) is 0.188. The van der Waals surface area contributed by atoms with Gasteiger partial charge in [-0.25, -0.2) is 9.78 Å². The van der Waals surface area contributed by atoms with E-state index in [1.54, 1.807) is 29.2 Å². The number of pyridine rings is 1. The minimum absolute atomic E-state index is 0.157. The van der Waals surface area contributed by atoms with Crippen LogP contribution in [0.2, 0.25) is 0 Å². The summed E-state index contributed by atoms with van der Waals surface area (Å²) in [5, 5.41) is 5.46. The first kappa shape index (κ1) is 15.0. The molecule has 1 aliphatic heterocycles. The van der Waals surface area contributed by atoms with Crippen molar-refractivity contribution in [2.45, 2.75) is 6.42 Å². The van der Waals surface area contributed by atoms with Crippen LogP contribution in [0.4, 0.5) is 20.6 Å². The molecule has 0 unspecified atom stereocenters. The molecule has 1 aliphatic rings. The summed E-state index contributed by atoms with van der Waals surface area (Å²) in [5.74, 6) is -1.15. The topological polar surface area (TPSA) is 74.3 Å². The number of carbonyl (C=O) groups is 2. The highest BCUT2D eigenvalue weighted by Gasteiger charge is 2.19. The summed E-state index contributed by atoms with van der Waals surface area (Å²) < 4.78 is 13.1. The minimum Gasteiger partial charge on any atom is -0.338 e. The Balaban J connectivity index is 1.77. The van der Waals surface area contributed by atoms with E-state index in [0.29, 0.717) is 24.5 Å². The maximum Gasteiger partial charge on any atom is 0.321 e. The van der Waals surface area contributed by atoms with Gasteiger partial charge < -0.3 is 10.6 Å². The molecule has 1 aromatic carbocycles. The molecule has 3 amide bonds. The van der Waals surface area contributed by atoms with Crippen LogP contribution in [0.5, 0.6) is 0 Å². The van der Waals surface area contributed by atoms with E-state index in [4.69, 9.17) is 0 Å². The van der Waals surface area contributed by atoms with E-state index >= 15 is 0 Å². The normalized spacial score (nSPS) is 14.3. The van der Waals surface area contributed by atoms with Gasteiger partial charge in [0, 0.05) is 42.3 Å². The lowest BCUT2D eigenvalue weighted by atomic mass is 10.2. The van der Waals surface area contributed by atoms with Crippen molar-refractivity contribution in [2.24, 2.45) is 0 Å². The summed E-state index contributed by atoms with van der Waals surface area (Å²) in [6, 6.07) is 9.31. The molecule has 1 fully saturated rings. The average Bonchev–Trinajstić information content (AvgIpc) is 2.55. The van der Waals surface area contributed by atoms with Gasteiger partial charge in [-0.05, 0) is 30.7 Å². The highest BCUT2D eigenvalue weighted by atomic mass is 19.1. The van der Waals surface area contributed by atoms with Gasteiger partial charge in [-0.2, -0.15) is 4.39 Å². The Morgan fingerprint density at radius 3 is 2.96 bits per heavy atom. The summed E-state index contributed by atoms with van der Waals surface area (Å²) in [4.78, 5) is 29.0. The standard InChI is InChI=1S/C16H15FN4O2/c17-14-9-11(5-7-18-14)15(22)20-12-3-1-4-13(10-12)21-8-2-6-19-16(21)23/h1,3-5,7,9-10H,2,6,8H2,(H,19,23)(H,20,22). The molecule has 1 saturated heterocycles. The van der Waals surface area contributed by atoms with Crippen molar-refractivity contribution in [1.82, 2.24) is 10.3 Å². The zero-order chi connectivity index (χ0) is 16.2. The second-order valence-electron chi connectivity index (χ2n) is 5.11. The Kier molecular flexibility index (Phi) is 4.18. The van der Waals surface area contributed by atoms with Crippen LogP contribution in [0, 0.1) is 5.95 Å². The number of amides is 3. The van der Waals surface area contributed by atoms with Crippen molar-refractivity contribution < 1.29 is 14.0 Å². The molecule has 0 bridgehead atoms. The summed E-state index contributed by atoms with van der Waals surface area (Å²) in [6.45, 7) is 1.29. The van der Waals surface area contributed by atoms with Gasteiger partial charge >= 0.3 is 6.03 Å². The van der Waals surface area contributed by atoms with Gasteiger partial charge in [-0.15, -0.1) is 0 Å². The van der Waals surface area contributed by atoms with Crippen LogP contribution in [0.25, 0.3) is 0 Å². The number of urea groups is 1. The predicted octanol–water partition coefficient (Wildman–Crippen LogP) is 2.39. The predicted molar refractivity (Wildman–Crippen MR) is 84.0 cm³/mol. The second-order valence-corrected chi connectivity index (χ2v) is 5.11. The molecule has 3 rings (SSSR count). The average molecular weight is 314 g/mol. The molecule has 1 aromatic heterocycles. The van der Waals surface area contributed by atoms with Gasteiger partial charge in [0.15, 0.2) is 0 Å². The zero-order valence-corrected chi connectivity index (χ0v) is 12.3. The third-order valence-electron chi connectivity index (χ3n) is 3.48. The molecule has 0 atom stereocenters. The monoisotopic (exact) mass is 314 g/mol. The maximum atomic E-state index is 13.1. The minimum atomic E-state index is -0.712. The van der Waals surface area contributed by atoms with E-state index in [1.807, 2.05) is 0 Å². The number of nitrogens with zero attached hydrogens (tertiary/aromatic N) is 2. The first-order valence-corrected chi connectivity index (χ1v) is 7.22. The number of rotatable bonds is 3. The van der Waals surface area contributed by atoms with Crippen molar-refractivity contribution in [3.8, 4) is 0 Å². The van der Waals surface area contributed by atoms with Crippen LogP contribution in [0.3, 0.4) is 0 Å². The molecule has 7 heteroatoms. The van der Waals surface area contributed by atoms with Gasteiger partial charge in [0.05, 0.1) is 0 Å². The largest absolute Gasteiger partial charge is 0.338 e. The highest BCUT2D eigenvalue weighted by Crippen LogP contribution is 2.21. The van der Waals surface area contributed by atoms with Crippen molar-refractivity contribution in [3.63, 3.8) is 0 Å². The molecular formula is C16H15FN4O2. The lowest BCUT2D eigenvalue weighted by Crippen LogP contribution is -2.46. The molecule has 0 aliphatic carbocycles. The molecule has 23 heavy (non-hydrogen) atoms. The Morgan fingerprint density at radius 1 is 1.30 bits per heavy atom. The van der Waals surface area contributed by atoms with Gasteiger partial charge in [-0.3, -0.25) is 9.69 Å². The molecule has 2 N–H and O–H groups in total. The van der Waals surface area contributed by atoms with Crippen molar-refractivity contribution in [3.05, 3.63) is 54.1 Å². The quantitative estimate of drug-likeness (QED) is 0.854. The van der Waals surface area contributed by atoms with E-state index in [1.165, 1.54) is 12.3 Å². The fourth-order valence-electron chi connectivity index (χ4n) is 2.37. The maximum absolute atomic E-state index is 13.1. The smallest absolute Gasteiger partial charge is 0.321 e. The van der Waals surface area contributed by atoms with E-state index in [0.717, 1.165) is 12.5 Å². The number of aromatic nitrogens is 1. The SMILES string of the molecule is O=C(Nc1cccc(N2CCCNC2=O)c1)c1ccnc(F)c1. The van der Waals surface area contributed by atoms with E-state index in [2.05, 4.69) is 15.6 Å². The Bertz CT molecular complexity index is 750. The van der Waals surface area contributed by atoms with Crippen molar-refractivity contribution >= 4 is 23.3 Å². The lowest BCUT2D eigenvalue weighted by molar-refractivity contribution is 0.102. The molecule has 2 aromatic rings. The lowest BCUT2D eigenvalue weighted by Gasteiger charge is -2.27. The third-order valence-corrected chi connectivity index (χ3v) is 3.48. The molecule has 6 nitrogen and oxygen atoms in total. The van der Waals surface area contributed by atoms with Crippen LogP contribution in [-0.4, -0.2) is 30.0 Å². The van der Waals surface area contributed by atoms with Crippen LogP contribution in [-0.2, 0) is 0 Å². The fourth-order valence-corrected chi connectivity index (χ4v) is 2.37. The van der Waals surface area contributed by atoms with Crippen LogP contribution >= 0.6 is 0 Å². The summed E-state index contributed by atoms with van der Waals surface area (Å²) in [6.07, 6.45) is 2.09. The number of hydrogen-bond donors (Lipinski definition) is 2. The molecule has 0 spiro atoms. The van der Waals surface area contributed by atoms with E-state index in [9.17, 15) is 14.0 Å². The Morgan fingerprint density at radius 2 is 2.17 bits per heavy atom. The second kappa shape index (κ2) is 6.43. The van der Waals surface area contributed by atoms with E-state index < -0.39 is 11.9 Å². The van der Waals surface area contributed by atoms with Crippen LogP contribution in [0.15, 0.2) is 42.6 Å². The summed E-state index contributed by atoms with van der Waals surface area (Å²) >= 11 is 0. The first-order valence-electron chi connectivity index (χ1n) is 7.22. The number of carbonyl (C=O) groups excluding carboxylic acids is 2. The molecule has 0 saturated carbocycles. The van der Waals surface area contributed by atoms with Crippen molar-refractivity contribution in [2.75, 3.05) is 23.3 Å². The molecule has 118 valence electrons. The zero-order valence-electron chi connectivity index (χ0n) is 12.3. The first-order chi connectivity index (χ1) is 11.1. The number of hydrogen-bond acceptors (Lipinski definition) is 3. The van der Waals surface area contributed by atoms with Crippen molar-refractivity contribution in [1.29, 1.82) is 0 Å². The highest BCUT2D eigenvalue weighted by molar-refractivity contribution is 6.04. The molecular weight excluding hydrogens is 299 g/mol. The van der Waals surface area contributed by atoms with E-state index in [-0.39, 0.29) is 11.6 Å². The summed E-state index contributed by atoms with van der Waals surface area (Å²) in [5.41, 5.74) is 1.41. The van der Waals surface area contributed by atoms with Gasteiger partial charge in [0.1, 0.15) is 0 Å². The number of benzene rings is 1. The van der Waals surface area contributed by atoms with Gasteiger partial charge in [0.25, 0.3) is 5.91 Å². The van der Waals surface area contributed by atoms with Crippen LogP contribution < -0.4 is 15.5 Å². The molecule has 0 radical (unpaired) electrons.